The van der Waals surface area contributed by atoms with Gasteiger partial charge >= 0.3 is 0 Å². The zero-order valence-electron chi connectivity index (χ0n) is 8.92. The zero-order chi connectivity index (χ0) is 11.7. The summed E-state index contributed by atoms with van der Waals surface area (Å²) in [6.07, 6.45) is -0.0205. The molecular formula is C11H13ClN2O2. The Morgan fingerprint density at radius 2 is 2.31 bits per heavy atom. The number of nitrogens with two attached hydrogens (primary N) is 1. The molecule has 0 spiro atoms. The Balaban J connectivity index is 2.32. The van der Waals surface area contributed by atoms with Gasteiger partial charge in [0.1, 0.15) is 5.75 Å². The van der Waals surface area contributed by atoms with E-state index in [-0.39, 0.29) is 5.91 Å². The molecule has 0 aromatic heterocycles. The number of ether oxygens (including phenoxy) is 1. The Bertz CT molecular complexity index is 434. The monoisotopic (exact) mass is 240 g/mol. The molecule has 16 heavy (non-hydrogen) atoms. The molecule has 0 bridgehead atoms. The first-order valence-corrected chi connectivity index (χ1v) is 5.47. The fraction of sp³-hybridized carbons (Fsp3) is 0.364. The van der Waals surface area contributed by atoms with Crippen LogP contribution in [0, 0.1) is 6.92 Å². The van der Waals surface area contributed by atoms with Gasteiger partial charge in [0.15, 0.2) is 6.10 Å². The van der Waals surface area contributed by atoms with E-state index in [0.29, 0.717) is 29.4 Å². The fourth-order valence-corrected chi connectivity index (χ4v) is 1.77. The number of rotatable bonds is 2. The predicted molar refractivity (Wildman–Crippen MR) is 62.9 cm³/mol. The SMILES string of the molecule is Cc1cc2c(cc1Cl)OC(CCN)C(=O)N2. The van der Waals surface area contributed by atoms with E-state index in [1.165, 1.54) is 0 Å². The molecule has 0 aliphatic carbocycles. The average Bonchev–Trinajstić information content (AvgIpc) is 2.23. The van der Waals surface area contributed by atoms with Gasteiger partial charge in [0, 0.05) is 17.5 Å². The molecule has 1 unspecified atom stereocenters. The van der Waals surface area contributed by atoms with E-state index in [2.05, 4.69) is 5.32 Å². The van der Waals surface area contributed by atoms with Crippen molar-refractivity contribution in [1.29, 1.82) is 0 Å². The number of halogens is 1. The smallest absolute Gasteiger partial charge is 0.265 e. The lowest BCUT2D eigenvalue weighted by atomic mass is 10.1. The molecule has 0 saturated heterocycles. The van der Waals surface area contributed by atoms with Crippen LogP contribution in [0.5, 0.6) is 5.75 Å². The van der Waals surface area contributed by atoms with Crippen molar-refractivity contribution >= 4 is 23.2 Å². The van der Waals surface area contributed by atoms with Crippen LogP contribution in [0.2, 0.25) is 5.02 Å². The number of anilines is 1. The second-order valence-corrected chi connectivity index (χ2v) is 4.18. The standard InChI is InChI=1S/C11H13ClN2O2/c1-6-4-8-10(5-7(6)12)16-9(2-3-13)11(15)14-8/h4-5,9H,2-3,13H2,1H3,(H,14,15). The summed E-state index contributed by atoms with van der Waals surface area (Å²) in [6, 6.07) is 3.52. The number of carbonyl (C=O) groups excluding carboxylic acids is 1. The van der Waals surface area contributed by atoms with Crippen molar-refractivity contribution in [1.82, 2.24) is 0 Å². The van der Waals surface area contributed by atoms with Crippen molar-refractivity contribution in [3.05, 3.63) is 22.7 Å². The van der Waals surface area contributed by atoms with Crippen LogP contribution in [0.3, 0.4) is 0 Å². The third-order valence-corrected chi connectivity index (χ3v) is 2.92. The summed E-state index contributed by atoms with van der Waals surface area (Å²) in [5.74, 6) is 0.452. The minimum absolute atomic E-state index is 0.153. The van der Waals surface area contributed by atoms with Crippen LogP contribution in [0.4, 0.5) is 5.69 Å². The topological polar surface area (TPSA) is 64.3 Å². The van der Waals surface area contributed by atoms with Crippen molar-refractivity contribution in [2.45, 2.75) is 19.4 Å². The van der Waals surface area contributed by atoms with Gasteiger partial charge in [-0.3, -0.25) is 4.79 Å². The largest absolute Gasteiger partial charge is 0.478 e. The molecule has 1 aliphatic rings. The highest BCUT2D eigenvalue weighted by Crippen LogP contribution is 2.34. The zero-order valence-corrected chi connectivity index (χ0v) is 9.67. The van der Waals surface area contributed by atoms with Crippen molar-refractivity contribution in [2.75, 3.05) is 11.9 Å². The second-order valence-electron chi connectivity index (χ2n) is 3.77. The van der Waals surface area contributed by atoms with Crippen LogP contribution < -0.4 is 15.8 Å². The van der Waals surface area contributed by atoms with Crippen LogP contribution >= 0.6 is 11.6 Å². The number of benzene rings is 1. The van der Waals surface area contributed by atoms with Crippen molar-refractivity contribution in [3.8, 4) is 5.75 Å². The molecule has 2 rings (SSSR count). The molecule has 5 heteroatoms. The van der Waals surface area contributed by atoms with E-state index in [1.807, 2.05) is 6.92 Å². The summed E-state index contributed by atoms with van der Waals surface area (Å²) >= 11 is 5.99. The number of amides is 1. The molecule has 1 aromatic carbocycles. The number of hydrogen-bond acceptors (Lipinski definition) is 3. The molecule has 1 aromatic rings. The van der Waals surface area contributed by atoms with E-state index in [9.17, 15) is 4.79 Å². The number of nitrogens with one attached hydrogen (secondary N) is 1. The van der Waals surface area contributed by atoms with E-state index in [0.717, 1.165) is 5.56 Å². The number of carbonyl (C=O) groups is 1. The first kappa shape index (κ1) is 11.2. The molecule has 1 amide bonds. The molecule has 86 valence electrons. The van der Waals surface area contributed by atoms with Crippen LogP contribution in [0.1, 0.15) is 12.0 Å². The van der Waals surface area contributed by atoms with Crippen molar-refractivity contribution in [3.63, 3.8) is 0 Å². The third-order valence-electron chi connectivity index (χ3n) is 2.51. The maximum Gasteiger partial charge on any atom is 0.265 e. The van der Waals surface area contributed by atoms with Gasteiger partial charge in [0.2, 0.25) is 0 Å². The van der Waals surface area contributed by atoms with Crippen LogP contribution in [-0.4, -0.2) is 18.6 Å². The molecule has 0 saturated carbocycles. The molecule has 3 N–H and O–H groups in total. The molecule has 1 heterocycles. The van der Waals surface area contributed by atoms with E-state index in [4.69, 9.17) is 22.1 Å². The summed E-state index contributed by atoms with van der Waals surface area (Å²) in [5.41, 5.74) is 6.98. The van der Waals surface area contributed by atoms with Gasteiger partial charge in [-0.25, -0.2) is 0 Å². The minimum atomic E-state index is -0.517. The highest BCUT2D eigenvalue weighted by Gasteiger charge is 2.27. The van der Waals surface area contributed by atoms with E-state index < -0.39 is 6.10 Å². The molecule has 1 atom stereocenters. The first-order valence-electron chi connectivity index (χ1n) is 5.09. The quantitative estimate of drug-likeness (QED) is 0.827. The second kappa shape index (κ2) is 4.31. The van der Waals surface area contributed by atoms with Crippen molar-refractivity contribution < 1.29 is 9.53 Å². The predicted octanol–water partition coefficient (Wildman–Crippen LogP) is 1.70. The van der Waals surface area contributed by atoms with Crippen LogP contribution in [0.25, 0.3) is 0 Å². The maximum atomic E-state index is 11.6. The van der Waals surface area contributed by atoms with Crippen LogP contribution in [-0.2, 0) is 4.79 Å². The van der Waals surface area contributed by atoms with Gasteiger partial charge in [0.25, 0.3) is 5.91 Å². The van der Waals surface area contributed by atoms with Gasteiger partial charge in [0.05, 0.1) is 5.69 Å². The first-order chi connectivity index (χ1) is 7.61. The lowest BCUT2D eigenvalue weighted by molar-refractivity contribution is -0.123. The van der Waals surface area contributed by atoms with Gasteiger partial charge in [-0.1, -0.05) is 11.6 Å². The van der Waals surface area contributed by atoms with Gasteiger partial charge in [-0.15, -0.1) is 0 Å². The summed E-state index contributed by atoms with van der Waals surface area (Å²) in [6.45, 7) is 2.29. The summed E-state index contributed by atoms with van der Waals surface area (Å²) in [7, 11) is 0. The minimum Gasteiger partial charge on any atom is -0.478 e. The van der Waals surface area contributed by atoms with Gasteiger partial charge in [-0.05, 0) is 25.1 Å². The Morgan fingerprint density at radius 1 is 1.56 bits per heavy atom. The van der Waals surface area contributed by atoms with E-state index >= 15 is 0 Å². The number of hydrogen-bond donors (Lipinski definition) is 2. The lowest BCUT2D eigenvalue weighted by Crippen LogP contribution is -2.38. The lowest BCUT2D eigenvalue weighted by Gasteiger charge is -2.26. The summed E-state index contributed by atoms with van der Waals surface area (Å²) in [4.78, 5) is 11.6. The Kier molecular flexibility index (Phi) is 3.03. The Hall–Kier alpha value is -1.26. The Labute approximate surface area is 98.7 Å². The summed E-state index contributed by atoms with van der Waals surface area (Å²) in [5, 5.41) is 3.41. The number of aryl methyl sites for hydroxylation is 1. The van der Waals surface area contributed by atoms with Gasteiger partial charge < -0.3 is 15.8 Å². The highest BCUT2D eigenvalue weighted by molar-refractivity contribution is 6.31. The van der Waals surface area contributed by atoms with Crippen LogP contribution in [0.15, 0.2) is 12.1 Å². The van der Waals surface area contributed by atoms with E-state index in [1.54, 1.807) is 12.1 Å². The molecule has 1 aliphatic heterocycles. The van der Waals surface area contributed by atoms with Gasteiger partial charge in [-0.2, -0.15) is 0 Å². The highest BCUT2D eigenvalue weighted by atomic mass is 35.5. The average molecular weight is 241 g/mol. The van der Waals surface area contributed by atoms with Crippen molar-refractivity contribution in [2.24, 2.45) is 5.73 Å². The summed E-state index contributed by atoms with van der Waals surface area (Å²) < 4.78 is 5.54. The molecule has 0 radical (unpaired) electrons. The number of fused-ring (bicyclic) bond motifs is 1. The molecule has 4 nitrogen and oxygen atoms in total. The maximum absolute atomic E-state index is 11.6. The third kappa shape index (κ3) is 1.99. The fourth-order valence-electron chi connectivity index (χ4n) is 1.62. The molecule has 0 fully saturated rings. The Morgan fingerprint density at radius 3 is 3.00 bits per heavy atom. The normalized spacial score (nSPS) is 18.7. The molecular weight excluding hydrogens is 228 g/mol.